The first kappa shape index (κ1) is 25.8. The van der Waals surface area contributed by atoms with Crippen molar-refractivity contribution in [1.82, 2.24) is 0 Å². The second kappa shape index (κ2) is 13.8. The summed E-state index contributed by atoms with van der Waals surface area (Å²) in [5.41, 5.74) is 3.44. The largest absolute Gasteiger partial charge is 0.488 e. The summed E-state index contributed by atoms with van der Waals surface area (Å²) >= 11 is 0. The molecule has 1 aliphatic carbocycles. The van der Waals surface area contributed by atoms with E-state index < -0.39 is 0 Å². The number of benzene rings is 2. The van der Waals surface area contributed by atoms with Crippen LogP contribution in [0.5, 0.6) is 5.75 Å². The first-order chi connectivity index (χ1) is 16.1. The van der Waals surface area contributed by atoms with Crippen LogP contribution in [0.4, 0.5) is 4.39 Å². The lowest BCUT2D eigenvalue weighted by Gasteiger charge is -2.29. The van der Waals surface area contributed by atoms with Crippen LogP contribution in [0, 0.1) is 11.7 Å². The molecule has 1 fully saturated rings. The van der Waals surface area contributed by atoms with Crippen molar-refractivity contribution in [2.75, 3.05) is 0 Å². The molecule has 0 saturated heterocycles. The molecule has 0 spiro atoms. The highest BCUT2D eigenvalue weighted by Crippen LogP contribution is 2.38. The molecule has 1 atom stereocenters. The Kier molecular flexibility index (Phi) is 10.8. The molecule has 182 valence electrons. The summed E-state index contributed by atoms with van der Waals surface area (Å²) < 4.78 is 20.6. The van der Waals surface area contributed by atoms with E-state index in [0.717, 1.165) is 29.9 Å². The molecular formula is C31H45FO. The van der Waals surface area contributed by atoms with Crippen molar-refractivity contribution in [3.05, 3.63) is 53.8 Å². The van der Waals surface area contributed by atoms with Gasteiger partial charge in [0.05, 0.1) is 6.10 Å². The van der Waals surface area contributed by atoms with Gasteiger partial charge in [0.2, 0.25) is 0 Å². The van der Waals surface area contributed by atoms with Crippen LogP contribution in [-0.4, -0.2) is 6.10 Å². The zero-order valence-corrected chi connectivity index (χ0v) is 21.3. The molecule has 0 aromatic heterocycles. The molecule has 2 aromatic carbocycles. The maximum absolute atomic E-state index is 14.7. The zero-order chi connectivity index (χ0) is 23.5. The Morgan fingerprint density at radius 2 is 1.48 bits per heavy atom. The lowest BCUT2D eigenvalue weighted by molar-refractivity contribution is 0.197. The predicted octanol–water partition coefficient (Wildman–Crippen LogP) is 10.1. The summed E-state index contributed by atoms with van der Waals surface area (Å²) in [5, 5.41) is 0. The van der Waals surface area contributed by atoms with Crippen LogP contribution in [0.1, 0.15) is 116 Å². The van der Waals surface area contributed by atoms with Crippen molar-refractivity contribution in [1.29, 1.82) is 0 Å². The van der Waals surface area contributed by atoms with Gasteiger partial charge < -0.3 is 4.74 Å². The van der Waals surface area contributed by atoms with Gasteiger partial charge in [0.15, 0.2) is 11.6 Å². The molecule has 0 heterocycles. The Balaban J connectivity index is 1.52. The van der Waals surface area contributed by atoms with Crippen LogP contribution in [-0.2, 0) is 0 Å². The monoisotopic (exact) mass is 452 g/mol. The highest BCUT2D eigenvalue weighted by Gasteiger charge is 2.22. The topological polar surface area (TPSA) is 9.23 Å². The number of hydrogen-bond donors (Lipinski definition) is 0. The molecule has 1 saturated carbocycles. The lowest BCUT2D eigenvalue weighted by Crippen LogP contribution is -2.13. The third-order valence-electron chi connectivity index (χ3n) is 7.50. The quantitative estimate of drug-likeness (QED) is 0.275. The molecule has 0 bridgehead atoms. The van der Waals surface area contributed by atoms with Gasteiger partial charge >= 0.3 is 0 Å². The van der Waals surface area contributed by atoms with E-state index in [0.29, 0.717) is 11.7 Å². The van der Waals surface area contributed by atoms with Crippen molar-refractivity contribution >= 4 is 0 Å². The highest BCUT2D eigenvalue weighted by atomic mass is 19.1. The van der Waals surface area contributed by atoms with E-state index in [2.05, 4.69) is 38.1 Å². The summed E-state index contributed by atoms with van der Waals surface area (Å²) in [6, 6.07) is 14.2. The highest BCUT2D eigenvalue weighted by molar-refractivity contribution is 5.64. The Bertz CT molecular complexity index is 804. The van der Waals surface area contributed by atoms with Gasteiger partial charge in [-0.25, -0.2) is 4.39 Å². The van der Waals surface area contributed by atoms with Crippen LogP contribution in [0.3, 0.4) is 0 Å². The van der Waals surface area contributed by atoms with E-state index in [-0.39, 0.29) is 11.9 Å². The molecule has 2 heteroatoms. The van der Waals surface area contributed by atoms with Crippen molar-refractivity contribution in [2.24, 2.45) is 5.92 Å². The molecule has 1 nitrogen and oxygen atoms in total. The van der Waals surface area contributed by atoms with E-state index in [1.54, 1.807) is 12.1 Å². The molecule has 33 heavy (non-hydrogen) atoms. The van der Waals surface area contributed by atoms with Gasteiger partial charge in [0.25, 0.3) is 0 Å². The van der Waals surface area contributed by atoms with Gasteiger partial charge in [-0.3, -0.25) is 0 Å². The SMILES string of the molecule is CCCCCCC(C)Oc1ccc(-c2ccc(C3CCC(CCCCC)CC3)cc2)cc1F. The minimum Gasteiger partial charge on any atom is -0.488 e. The molecular weight excluding hydrogens is 407 g/mol. The van der Waals surface area contributed by atoms with E-state index >= 15 is 0 Å². The Hall–Kier alpha value is -1.83. The third kappa shape index (κ3) is 8.16. The Morgan fingerprint density at radius 3 is 2.15 bits per heavy atom. The standard InChI is InChI=1S/C31H45FO/c1-4-6-8-10-11-24(3)33-31-22-21-29(23-30(31)32)28-19-17-27(18-20-28)26-15-13-25(14-16-26)12-9-7-5-2/h17-26H,4-16H2,1-3H3. The molecule has 1 unspecified atom stereocenters. The summed E-state index contributed by atoms with van der Waals surface area (Å²) in [5.74, 6) is 1.73. The minimum atomic E-state index is -0.265. The van der Waals surface area contributed by atoms with Gasteiger partial charge in [-0.2, -0.15) is 0 Å². The summed E-state index contributed by atoms with van der Waals surface area (Å²) in [4.78, 5) is 0. The van der Waals surface area contributed by atoms with Crippen LogP contribution in [0.15, 0.2) is 42.5 Å². The summed E-state index contributed by atoms with van der Waals surface area (Å²) in [7, 11) is 0. The van der Waals surface area contributed by atoms with Crippen molar-refractivity contribution in [3.63, 3.8) is 0 Å². The van der Waals surface area contributed by atoms with Crippen LogP contribution in [0.2, 0.25) is 0 Å². The van der Waals surface area contributed by atoms with Gasteiger partial charge in [0.1, 0.15) is 0 Å². The fourth-order valence-corrected chi connectivity index (χ4v) is 5.33. The molecule has 1 aliphatic rings. The van der Waals surface area contributed by atoms with E-state index in [9.17, 15) is 4.39 Å². The van der Waals surface area contributed by atoms with Gasteiger partial charge in [-0.05, 0) is 86.1 Å². The molecule has 0 aliphatic heterocycles. The average molecular weight is 453 g/mol. The second-order valence-corrected chi connectivity index (χ2v) is 10.3. The van der Waals surface area contributed by atoms with Crippen LogP contribution < -0.4 is 4.74 Å². The van der Waals surface area contributed by atoms with E-state index in [4.69, 9.17) is 4.74 Å². The Morgan fingerprint density at radius 1 is 0.818 bits per heavy atom. The summed E-state index contributed by atoms with van der Waals surface area (Å²) in [6.45, 7) is 6.54. The third-order valence-corrected chi connectivity index (χ3v) is 7.50. The van der Waals surface area contributed by atoms with E-state index in [1.165, 1.54) is 76.2 Å². The van der Waals surface area contributed by atoms with Gasteiger partial charge in [-0.1, -0.05) is 89.1 Å². The van der Waals surface area contributed by atoms with Crippen molar-refractivity contribution in [3.8, 4) is 16.9 Å². The lowest BCUT2D eigenvalue weighted by atomic mass is 9.77. The first-order valence-corrected chi connectivity index (χ1v) is 13.7. The second-order valence-electron chi connectivity index (χ2n) is 10.3. The smallest absolute Gasteiger partial charge is 0.165 e. The molecule has 0 N–H and O–H groups in total. The number of rotatable bonds is 13. The van der Waals surface area contributed by atoms with Gasteiger partial charge in [-0.15, -0.1) is 0 Å². The zero-order valence-electron chi connectivity index (χ0n) is 21.3. The number of hydrogen-bond acceptors (Lipinski definition) is 1. The van der Waals surface area contributed by atoms with Crippen LogP contribution >= 0.6 is 0 Å². The maximum atomic E-state index is 14.7. The molecule has 2 aromatic rings. The predicted molar refractivity (Wildman–Crippen MR) is 140 cm³/mol. The first-order valence-electron chi connectivity index (χ1n) is 13.7. The van der Waals surface area contributed by atoms with Crippen molar-refractivity contribution in [2.45, 2.75) is 116 Å². The molecule has 0 amide bonds. The van der Waals surface area contributed by atoms with Crippen molar-refractivity contribution < 1.29 is 9.13 Å². The maximum Gasteiger partial charge on any atom is 0.165 e. The number of ether oxygens (including phenoxy) is 1. The normalized spacial score (nSPS) is 19.4. The fraction of sp³-hybridized carbons (Fsp3) is 0.613. The summed E-state index contributed by atoms with van der Waals surface area (Å²) in [6.07, 6.45) is 16.8. The van der Waals surface area contributed by atoms with E-state index in [1.807, 2.05) is 13.0 Å². The van der Waals surface area contributed by atoms with Gasteiger partial charge in [0, 0.05) is 0 Å². The minimum absolute atomic E-state index is 0.0447. The fourth-order valence-electron chi connectivity index (χ4n) is 5.33. The van der Waals surface area contributed by atoms with Crippen LogP contribution in [0.25, 0.3) is 11.1 Å². The number of halogens is 1. The number of unbranched alkanes of at least 4 members (excludes halogenated alkanes) is 5. The average Bonchev–Trinajstić information content (AvgIpc) is 2.84. The Labute approximate surface area is 202 Å². The molecule has 0 radical (unpaired) electrons. The molecule has 3 rings (SSSR count).